The Kier molecular flexibility index (Phi) is 6.75. The Labute approximate surface area is 233 Å². The number of para-hydroxylation sites is 1. The fourth-order valence-corrected chi connectivity index (χ4v) is 5.47. The second-order valence-corrected chi connectivity index (χ2v) is 10.7. The molecule has 40 heavy (non-hydrogen) atoms. The molecule has 0 aliphatic carbocycles. The van der Waals surface area contributed by atoms with E-state index in [1.165, 1.54) is 46.5 Å². The Morgan fingerprint density at radius 2 is 1.80 bits per heavy atom. The molecule has 0 amide bonds. The third-order valence-corrected chi connectivity index (χ3v) is 7.68. The average molecular weight is 563 g/mol. The molecule has 1 aliphatic rings. The Hall–Kier alpha value is -4.25. The summed E-state index contributed by atoms with van der Waals surface area (Å²) in [6.07, 6.45) is -3.22. The number of benzene rings is 3. The number of pyridine rings is 1. The number of alkyl halides is 3. The molecule has 2 aromatic heterocycles. The summed E-state index contributed by atoms with van der Waals surface area (Å²) in [6, 6.07) is 23.8. The van der Waals surface area contributed by atoms with Crippen molar-refractivity contribution >= 4 is 34.2 Å². The van der Waals surface area contributed by atoms with Gasteiger partial charge in [-0.3, -0.25) is 0 Å². The van der Waals surface area contributed by atoms with E-state index < -0.39 is 6.36 Å². The van der Waals surface area contributed by atoms with Gasteiger partial charge in [0.15, 0.2) is 11.3 Å². The van der Waals surface area contributed by atoms with E-state index in [1.54, 1.807) is 0 Å². The van der Waals surface area contributed by atoms with Crippen molar-refractivity contribution in [1.82, 2.24) is 19.7 Å². The molecular formula is C29H25F3N6OS. The third-order valence-electron chi connectivity index (χ3n) is 6.57. The van der Waals surface area contributed by atoms with E-state index in [2.05, 4.69) is 63.1 Å². The highest BCUT2D eigenvalue weighted by atomic mass is 32.2. The SMILES string of the molecule is CC(C)c1ccccc1N1CSC1Nc1ccc2cc(-c3ncn(-c4ccc(OC(F)(F)F)cc4)n3)ccc2n1. The predicted molar refractivity (Wildman–Crippen MR) is 152 cm³/mol. The van der Waals surface area contributed by atoms with Crippen LogP contribution in [-0.2, 0) is 0 Å². The first-order chi connectivity index (χ1) is 19.2. The van der Waals surface area contributed by atoms with Gasteiger partial charge in [0.2, 0.25) is 0 Å². The van der Waals surface area contributed by atoms with E-state index in [9.17, 15) is 13.2 Å². The number of aromatic nitrogens is 4. The van der Waals surface area contributed by atoms with Crippen molar-refractivity contribution in [2.45, 2.75) is 31.6 Å². The number of hydrogen-bond donors (Lipinski definition) is 1. The quantitative estimate of drug-likeness (QED) is 0.222. The summed E-state index contributed by atoms with van der Waals surface area (Å²) in [7, 11) is 0. The summed E-state index contributed by atoms with van der Waals surface area (Å²) < 4.78 is 42.7. The Bertz CT molecular complexity index is 1650. The number of fused-ring (bicyclic) bond motifs is 1. The van der Waals surface area contributed by atoms with Crippen molar-refractivity contribution in [3.05, 3.63) is 90.8 Å². The van der Waals surface area contributed by atoms with Crippen LogP contribution in [0.5, 0.6) is 5.75 Å². The molecule has 1 fully saturated rings. The first-order valence-electron chi connectivity index (χ1n) is 12.7. The summed E-state index contributed by atoms with van der Waals surface area (Å²) in [4.78, 5) is 11.6. The van der Waals surface area contributed by atoms with Gasteiger partial charge in [-0.25, -0.2) is 14.6 Å². The van der Waals surface area contributed by atoms with Gasteiger partial charge in [0.25, 0.3) is 0 Å². The summed E-state index contributed by atoms with van der Waals surface area (Å²) in [5.41, 5.74) is 4.88. The summed E-state index contributed by atoms with van der Waals surface area (Å²) in [6.45, 7) is 4.42. The zero-order valence-corrected chi connectivity index (χ0v) is 22.4. The molecule has 204 valence electrons. The van der Waals surface area contributed by atoms with Gasteiger partial charge >= 0.3 is 6.36 Å². The van der Waals surface area contributed by atoms with Crippen LogP contribution >= 0.6 is 11.8 Å². The van der Waals surface area contributed by atoms with E-state index >= 15 is 0 Å². The number of rotatable bonds is 7. The zero-order valence-electron chi connectivity index (χ0n) is 21.6. The normalized spacial score (nSPS) is 15.3. The molecule has 3 aromatic carbocycles. The lowest BCUT2D eigenvalue weighted by atomic mass is 10.0. The van der Waals surface area contributed by atoms with Gasteiger partial charge in [0.1, 0.15) is 17.9 Å². The van der Waals surface area contributed by atoms with Crippen LogP contribution in [0.25, 0.3) is 28.0 Å². The van der Waals surface area contributed by atoms with E-state index in [0.717, 1.165) is 28.2 Å². The fourth-order valence-electron chi connectivity index (χ4n) is 4.57. The monoisotopic (exact) mass is 562 g/mol. The Morgan fingerprint density at radius 3 is 2.52 bits per heavy atom. The first-order valence-corrected chi connectivity index (χ1v) is 13.7. The predicted octanol–water partition coefficient (Wildman–Crippen LogP) is 7.41. The van der Waals surface area contributed by atoms with Crippen LogP contribution in [0.1, 0.15) is 25.3 Å². The summed E-state index contributed by atoms with van der Waals surface area (Å²) >= 11 is 1.83. The number of nitrogens with one attached hydrogen (secondary N) is 1. The lowest BCUT2D eigenvalue weighted by molar-refractivity contribution is -0.274. The van der Waals surface area contributed by atoms with Crippen molar-refractivity contribution in [1.29, 1.82) is 0 Å². The van der Waals surface area contributed by atoms with E-state index in [4.69, 9.17) is 4.98 Å². The molecule has 1 aliphatic heterocycles. The maximum atomic E-state index is 12.4. The van der Waals surface area contributed by atoms with E-state index in [0.29, 0.717) is 17.4 Å². The van der Waals surface area contributed by atoms with E-state index in [1.807, 2.05) is 42.1 Å². The molecule has 0 spiro atoms. The van der Waals surface area contributed by atoms with Crippen molar-refractivity contribution < 1.29 is 17.9 Å². The smallest absolute Gasteiger partial charge is 0.406 e. The van der Waals surface area contributed by atoms with Crippen LogP contribution in [0.4, 0.5) is 24.7 Å². The molecule has 3 heterocycles. The molecule has 0 bridgehead atoms. The standard InChI is InChI=1S/C29H25F3N6OS/c1-18(2)23-5-3-4-6-25(23)37-17-40-28(37)35-26-14-8-19-15-20(7-13-24(19)34-26)27-33-16-38(36-27)21-9-11-22(12-10-21)39-29(30,31)32/h3-16,18,28H,17H2,1-2H3,(H,34,35). The lowest BCUT2D eigenvalue weighted by Gasteiger charge is -2.43. The molecule has 0 saturated carbocycles. The average Bonchev–Trinajstić information content (AvgIpc) is 3.41. The van der Waals surface area contributed by atoms with Crippen LogP contribution in [0, 0.1) is 0 Å². The molecule has 7 nitrogen and oxygen atoms in total. The maximum absolute atomic E-state index is 12.4. The number of nitrogens with zero attached hydrogens (tertiary/aromatic N) is 5. The summed E-state index contributed by atoms with van der Waals surface area (Å²) in [5.74, 6) is 2.35. The number of ether oxygens (including phenoxy) is 1. The van der Waals surface area contributed by atoms with Gasteiger partial charge in [-0.15, -0.1) is 18.3 Å². The zero-order chi connectivity index (χ0) is 27.9. The minimum absolute atomic E-state index is 0.103. The Balaban J connectivity index is 1.17. The van der Waals surface area contributed by atoms with Gasteiger partial charge in [-0.1, -0.05) is 43.8 Å². The van der Waals surface area contributed by atoms with Crippen LogP contribution in [0.2, 0.25) is 0 Å². The third kappa shape index (κ3) is 5.42. The molecule has 11 heteroatoms. The largest absolute Gasteiger partial charge is 0.573 e. The number of thioether (sulfide) groups is 1. The van der Waals surface area contributed by atoms with Gasteiger partial charge in [0.05, 0.1) is 17.1 Å². The summed E-state index contributed by atoms with van der Waals surface area (Å²) in [5, 5.41) is 8.98. The highest BCUT2D eigenvalue weighted by Crippen LogP contribution is 2.39. The minimum atomic E-state index is -4.74. The number of hydrogen-bond acceptors (Lipinski definition) is 7. The van der Waals surface area contributed by atoms with Gasteiger partial charge < -0.3 is 15.0 Å². The molecule has 6 rings (SSSR count). The minimum Gasteiger partial charge on any atom is -0.406 e. The number of anilines is 2. The van der Waals surface area contributed by atoms with Crippen molar-refractivity contribution in [3.8, 4) is 22.8 Å². The highest BCUT2D eigenvalue weighted by Gasteiger charge is 2.32. The molecule has 0 radical (unpaired) electrons. The van der Waals surface area contributed by atoms with Crippen LogP contribution < -0.4 is 15.0 Å². The van der Waals surface area contributed by atoms with Crippen molar-refractivity contribution in [3.63, 3.8) is 0 Å². The molecule has 1 N–H and O–H groups in total. The van der Waals surface area contributed by atoms with Gasteiger partial charge in [-0.05, 0) is 72.1 Å². The fraction of sp³-hybridized carbons (Fsp3) is 0.207. The van der Waals surface area contributed by atoms with Crippen LogP contribution in [0.3, 0.4) is 0 Å². The second-order valence-electron chi connectivity index (χ2n) is 9.63. The molecule has 5 aromatic rings. The van der Waals surface area contributed by atoms with Crippen LogP contribution in [-0.4, -0.2) is 37.5 Å². The maximum Gasteiger partial charge on any atom is 0.573 e. The topological polar surface area (TPSA) is 68.1 Å². The lowest BCUT2D eigenvalue weighted by Crippen LogP contribution is -2.48. The Morgan fingerprint density at radius 1 is 1.00 bits per heavy atom. The first kappa shape index (κ1) is 26.0. The van der Waals surface area contributed by atoms with E-state index in [-0.39, 0.29) is 11.2 Å². The second kappa shape index (κ2) is 10.4. The number of halogens is 3. The molecule has 1 saturated heterocycles. The molecule has 1 unspecified atom stereocenters. The van der Waals surface area contributed by atoms with Crippen molar-refractivity contribution in [2.24, 2.45) is 0 Å². The molecule has 1 atom stereocenters. The van der Waals surface area contributed by atoms with Crippen molar-refractivity contribution in [2.75, 3.05) is 16.1 Å². The molecular weight excluding hydrogens is 537 g/mol. The highest BCUT2D eigenvalue weighted by molar-refractivity contribution is 8.01. The van der Waals surface area contributed by atoms with Crippen LogP contribution in [0.15, 0.2) is 85.2 Å². The van der Waals surface area contributed by atoms with Gasteiger partial charge in [0, 0.05) is 16.6 Å². The van der Waals surface area contributed by atoms with Gasteiger partial charge in [-0.2, -0.15) is 0 Å².